The normalized spacial score (nSPS) is 37.2. The number of fused-ring (bicyclic) bond motifs is 1. The highest BCUT2D eigenvalue weighted by Crippen LogP contribution is 2.46. The van der Waals surface area contributed by atoms with Crippen molar-refractivity contribution in [3.63, 3.8) is 0 Å². The van der Waals surface area contributed by atoms with E-state index in [1.165, 1.54) is 0 Å². The molecule has 0 unspecified atom stereocenters. The minimum atomic E-state index is -1.23. The van der Waals surface area contributed by atoms with E-state index in [-0.39, 0.29) is 5.78 Å². The third-order valence-electron chi connectivity index (χ3n) is 3.18. The van der Waals surface area contributed by atoms with Gasteiger partial charge < -0.3 is 9.84 Å². The molecular formula is C10H12O4. The number of cyclic esters (lactones) is 1. The molecule has 1 aliphatic carbocycles. The van der Waals surface area contributed by atoms with Gasteiger partial charge in [0.1, 0.15) is 0 Å². The van der Waals surface area contributed by atoms with E-state index in [1.54, 1.807) is 13.8 Å². The monoisotopic (exact) mass is 196 g/mol. The standard InChI is InChI=1S/C10H12O4/c1-5-6(11)3-4-10(2)7(5)8(12)14-9(10)13/h8,12H,3-4H2,1-2H3/t8-,10+/m0/s1. The Morgan fingerprint density at radius 2 is 2.14 bits per heavy atom. The summed E-state index contributed by atoms with van der Waals surface area (Å²) >= 11 is 0. The van der Waals surface area contributed by atoms with Crippen molar-refractivity contribution in [2.24, 2.45) is 5.41 Å². The molecule has 0 aromatic carbocycles. The van der Waals surface area contributed by atoms with Crippen molar-refractivity contribution in [3.05, 3.63) is 11.1 Å². The van der Waals surface area contributed by atoms with E-state index in [0.29, 0.717) is 24.0 Å². The molecule has 1 saturated heterocycles. The van der Waals surface area contributed by atoms with Crippen molar-refractivity contribution in [1.82, 2.24) is 0 Å². The summed E-state index contributed by atoms with van der Waals surface area (Å²) in [5.41, 5.74) is 0.160. The van der Waals surface area contributed by atoms with E-state index in [2.05, 4.69) is 0 Å². The molecule has 0 aromatic heterocycles. The molecule has 0 radical (unpaired) electrons. The quantitative estimate of drug-likeness (QED) is 0.574. The van der Waals surface area contributed by atoms with Crippen LogP contribution in [0.2, 0.25) is 0 Å². The second kappa shape index (κ2) is 2.67. The first-order chi connectivity index (χ1) is 6.47. The van der Waals surface area contributed by atoms with Gasteiger partial charge in [-0.15, -0.1) is 0 Å². The van der Waals surface area contributed by atoms with Crippen LogP contribution in [0.5, 0.6) is 0 Å². The number of carbonyl (C=O) groups is 2. The van der Waals surface area contributed by atoms with Crippen LogP contribution in [-0.4, -0.2) is 23.1 Å². The summed E-state index contributed by atoms with van der Waals surface area (Å²) in [5, 5.41) is 9.50. The molecule has 0 aromatic rings. The molecule has 14 heavy (non-hydrogen) atoms. The lowest BCUT2D eigenvalue weighted by Gasteiger charge is -2.26. The van der Waals surface area contributed by atoms with Gasteiger partial charge in [-0.1, -0.05) is 0 Å². The van der Waals surface area contributed by atoms with Gasteiger partial charge in [-0.25, -0.2) is 0 Å². The average molecular weight is 196 g/mol. The van der Waals surface area contributed by atoms with E-state index < -0.39 is 17.7 Å². The highest BCUT2D eigenvalue weighted by molar-refractivity contribution is 6.00. The van der Waals surface area contributed by atoms with Gasteiger partial charge in [-0.3, -0.25) is 9.59 Å². The Hall–Kier alpha value is -1.16. The van der Waals surface area contributed by atoms with Gasteiger partial charge in [0.25, 0.3) is 0 Å². The lowest BCUT2D eigenvalue weighted by molar-refractivity contribution is -0.157. The molecule has 0 saturated carbocycles. The molecule has 1 aliphatic heterocycles. The summed E-state index contributed by atoms with van der Waals surface area (Å²) in [6.45, 7) is 3.36. The SMILES string of the molecule is CC1=C2[C@@H](O)OC(=O)[C@]2(C)CCC1=O. The van der Waals surface area contributed by atoms with Crippen LogP contribution in [0, 0.1) is 5.41 Å². The third kappa shape index (κ3) is 0.973. The lowest BCUT2D eigenvalue weighted by atomic mass is 9.72. The van der Waals surface area contributed by atoms with Crippen molar-refractivity contribution >= 4 is 11.8 Å². The molecule has 0 spiro atoms. The Kier molecular flexibility index (Phi) is 1.79. The Morgan fingerprint density at radius 1 is 1.50 bits per heavy atom. The maximum atomic E-state index is 11.5. The van der Waals surface area contributed by atoms with Gasteiger partial charge in [-0.2, -0.15) is 0 Å². The van der Waals surface area contributed by atoms with Crippen LogP contribution in [0.3, 0.4) is 0 Å². The van der Waals surface area contributed by atoms with E-state index in [0.717, 1.165) is 0 Å². The van der Waals surface area contributed by atoms with E-state index >= 15 is 0 Å². The summed E-state index contributed by atoms with van der Waals surface area (Å²) in [6, 6.07) is 0. The van der Waals surface area contributed by atoms with Crippen molar-refractivity contribution < 1.29 is 19.4 Å². The summed E-state index contributed by atoms with van der Waals surface area (Å²) in [4.78, 5) is 22.9. The number of carbonyl (C=O) groups excluding carboxylic acids is 2. The fraction of sp³-hybridized carbons (Fsp3) is 0.600. The summed E-state index contributed by atoms with van der Waals surface area (Å²) in [6.07, 6.45) is -0.432. The Morgan fingerprint density at radius 3 is 2.79 bits per heavy atom. The summed E-state index contributed by atoms with van der Waals surface area (Å²) in [7, 11) is 0. The average Bonchev–Trinajstić information content (AvgIpc) is 2.33. The van der Waals surface area contributed by atoms with Crippen LogP contribution in [0.4, 0.5) is 0 Å². The Labute approximate surface area is 81.6 Å². The van der Waals surface area contributed by atoms with Gasteiger partial charge in [0, 0.05) is 12.0 Å². The number of esters is 1. The molecule has 2 atom stereocenters. The maximum absolute atomic E-state index is 11.5. The summed E-state index contributed by atoms with van der Waals surface area (Å²) in [5.74, 6) is -0.429. The fourth-order valence-corrected chi connectivity index (χ4v) is 2.21. The van der Waals surface area contributed by atoms with Crippen LogP contribution < -0.4 is 0 Å². The third-order valence-corrected chi connectivity index (χ3v) is 3.18. The van der Waals surface area contributed by atoms with Crippen LogP contribution >= 0.6 is 0 Å². The number of hydrogen-bond acceptors (Lipinski definition) is 4. The summed E-state index contributed by atoms with van der Waals surface area (Å²) < 4.78 is 4.74. The molecule has 1 N–H and O–H groups in total. The number of Topliss-reactive ketones (excluding diaryl/α,β-unsaturated/α-hetero) is 1. The Bertz CT molecular complexity index is 355. The van der Waals surface area contributed by atoms with Crippen LogP contribution in [0.25, 0.3) is 0 Å². The molecule has 2 aliphatic rings. The first kappa shape index (κ1) is 9.40. The number of hydrogen-bond donors (Lipinski definition) is 1. The molecule has 4 nitrogen and oxygen atoms in total. The highest BCUT2D eigenvalue weighted by Gasteiger charge is 2.52. The predicted molar refractivity (Wildman–Crippen MR) is 47.1 cm³/mol. The molecule has 1 fully saturated rings. The maximum Gasteiger partial charge on any atom is 0.318 e. The number of ketones is 1. The fourth-order valence-electron chi connectivity index (χ4n) is 2.21. The van der Waals surface area contributed by atoms with Crippen molar-refractivity contribution in [2.75, 3.05) is 0 Å². The van der Waals surface area contributed by atoms with E-state index in [4.69, 9.17) is 4.74 Å². The predicted octanol–water partition coefficient (Wildman–Crippen LogP) is 0.547. The number of ether oxygens (including phenoxy) is 1. The zero-order valence-electron chi connectivity index (χ0n) is 8.16. The van der Waals surface area contributed by atoms with Crippen LogP contribution in [-0.2, 0) is 14.3 Å². The van der Waals surface area contributed by atoms with E-state index in [9.17, 15) is 14.7 Å². The minimum Gasteiger partial charge on any atom is -0.431 e. The number of aliphatic hydroxyl groups excluding tert-OH is 1. The van der Waals surface area contributed by atoms with Gasteiger partial charge in [0.05, 0.1) is 5.41 Å². The topological polar surface area (TPSA) is 63.6 Å². The first-order valence-electron chi connectivity index (χ1n) is 4.60. The zero-order valence-corrected chi connectivity index (χ0v) is 8.16. The van der Waals surface area contributed by atoms with Crippen LogP contribution in [0.15, 0.2) is 11.1 Å². The molecule has 76 valence electrons. The molecular weight excluding hydrogens is 184 g/mol. The van der Waals surface area contributed by atoms with Gasteiger partial charge in [0.2, 0.25) is 6.29 Å². The van der Waals surface area contributed by atoms with Gasteiger partial charge in [0.15, 0.2) is 5.78 Å². The highest BCUT2D eigenvalue weighted by atomic mass is 16.6. The second-order valence-corrected chi connectivity index (χ2v) is 4.05. The molecule has 0 amide bonds. The van der Waals surface area contributed by atoms with Crippen molar-refractivity contribution in [2.45, 2.75) is 33.0 Å². The van der Waals surface area contributed by atoms with Crippen molar-refractivity contribution in [3.8, 4) is 0 Å². The van der Waals surface area contributed by atoms with Crippen LogP contribution in [0.1, 0.15) is 26.7 Å². The number of rotatable bonds is 0. The number of aliphatic hydroxyl groups is 1. The minimum absolute atomic E-state index is 0.00479. The molecule has 1 heterocycles. The largest absolute Gasteiger partial charge is 0.431 e. The zero-order chi connectivity index (χ0) is 10.5. The molecule has 4 heteroatoms. The molecule has 0 bridgehead atoms. The Balaban J connectivity index is 2.59. The molecule has 2 rings (SSSR count). The number of allylic oxidation sites excluding steroid dienone is 1. The smallest absolute Gasteiger partial charge is 0.318 e. The van der Waals surface area contributed by atoms with Crippen molar-refractivity contribution in [1.29, 1.82) is 0 Å². The lowest BCUT2D eigenvalue weighted by Crippen LogP contribution is -2.31. The second-order valence-electron chi connectivity index (χ2n) is 4.05. The first-order valence-corrected chi connectivity index (χ1v) is 4.60. The van der Waals surface area contributed by atoms with Gasteiger partial charge >= 0.3 is 5.97 Å². The van der Waals surface area contributed by atoms with E-state index in [1.807, 2.05) is 0 Å². The van der Waals surface area contributed by atoms with Gasteiger partial charge in [-0.05, 0) is 25.8 Å².